The Bertz CT molecular complexity index is 394. The molecule has 0 bridgehead atoms. The summed E-state index contributed by atoms with van der Waals surface area (Å²) in [6.45, 7) is 1.84. The van der Waals surface area contributed by atoms with Gasteiger partial charge in [-0.15, -0.1) is 0 Å². The number of aromatic carboxylic acids is 1. The second-order valence-corrected chi connectivity index (χ2v) is 4.16. The number of nitrogens with zero attached hydrogens (tertiary/aromatic N) is 3. The van der Waals surface area contributed by atoms with Crippen molar-refractivity contribution < 1.29 is 15.0 Å². The molecule has 16 heavy (non-hydrogen) atoms. The number of hydrogen-bond acceptors (Lipinski definition) is 4. The maximum absolute atomic E-state index is 11.0. The van der Waals surface area contributed by atoms with Crippen molar-refractivity contribution in [2.75, 3.05) is 20.1 Å². The molecule has 0 radical (unpaired) electrons. The molecular formula is C10H15N3O3. The van der Waals surface area contributed by atoms with Crippen LogP contribution in [0.3, 0.4) is 0 Å². The van der Waals surface area contributed by atoms with Crippen molar-refractivity contribution in [3.05, 3.63) is 11.9 Å². The summed E-state index contributed by atoms with van der Waals surface area (Å²) in [5.41, 5.74) is -0.102. The molecule has 0 amide bonds. The maximum atomic E-state index is 11.0. The zero-order chi connectivity index (χ0) is 11.7. The number of piperidine rings is 1. The number of carboxylic acids is 1. The van der Waals surface area contributed by atoms with E-state index in [1.165, 1.54) is 10.9 Å². The van der Waals surface area contributed by atoms with Crippen LogP contribution in [0.4, 0.5) is 0 Å². The van der Waals surface area contributed by atoms with Gasteiger partial charge in [-0.2, -0.15) is 5.10 Å². The van der Waals surface area contributed by atoms with E-state index in [0.29, 0.717) is 0 Å². The Morgan fingerprint density at radius 3 is 2.69 bits per heavy atom. The van der Waals surface area contributed by atoms with Gasteiger partial charge in [0.25, 0.3) is 0 Å². The van der Waals surface area contributed by atoms with Crippen molar-refractivity contribution in [1.29, 1.82) is 0 Å². The number of likely N-dealkylation sites (tertiary alicyclic amines) is 1. The van der Waals surface area contributed by atoms with Crippen molar-refractivity contribution in [1.82, 2.24) is 14.7 Å². The fraction of sp³-hybridized carbons (Fsp3) is 0.600. The predicted molar refractivity (Wildman–Crippen MR) is 56.6 cm³/mol. The predicted octanol–water partition coefficient (Wildman–Crippen LogP) is 0.554. The molecule has 1 aromatic rings. The molecule has 88 valence electrons. The van der Waals surface area contributed by atoms with Crippen LogP contribution in [-0.4, -0.2) is 51.0 Å². The van der Waals surface area contributed by atoms with Gasteiger partial charge in [0, 0.05) is 0 Å². The first kappa shape index (κ1) is 10.9. The molecule has 1 saturated heterocycles. The van der Waals surface area contributed by atoms with Gasteiger partial charge >= 0.3 is 5.97 Å². The summed E-state index contributed by atoms with van der Waals surface area (Å²) in [5, 5.41) is 22.3. The van der Waals surface area contributed by atoms with Crippen molar-refractivity contribution in [3.63, 3.8) is 0 Å². The van der Waals surface area contributed by atoms with Crippen molar-refractivity contribution in [2.24, 2.45) is 0 Å². The van der Waals surface area contributed by atoms with Crippen LogP contribution in [0.5, 0.6) is 5.75 Å². The lowest BCUT2D eigenvalue weighted by molar-refractivity contribution is 0.0672. The van der Waals surface area contributed by atoms with E-state index in [9.17, 15) is 9.90 Å². The molecule has 2 rings (SSSR count). The van der Waals surface area contributed by atoms with E-state index in [0.717, 1.165) is 25.9 Å². The van der Waals surface area contributed by atoms with E-state index in [1.54, 1.807) is 0 Å². The van der Waals surface area contributed by atoms with Crippen LogP contribution < -0.4 is 0 Å². The minimum atomic E-state index is -1.13. The SMILES string of the molecule is CN1CCC(n2ncc(O)c2C(=O)O)CC1. The first-order chi connectivity index (χ1) is 7.59. The third kappa shape index (κ3) is 1.88. The summed E-state index contributed by atoms with van der Waals surface area (Å²) < 4.78 is 1.44. The van der Waals surface area contributed by atoms with E-state index in [-0.39, 0.29) is 17.5 Å². The lowest BCUT2D eigenvalue weighted by Crippen LogP contribution is -2.32. The van der Waals surface area contributed by atoms with Gasteiger partial charge in [0.15, 0.2) is 11.4 Å². The van der Waals surface area contributed by atoms with E-state index in [4.69, 9.17) is 5.11 Å². The van der Waals surface area contributed by atoms with Crippen LogP contribution in [0.1, 0.15) is 29.4 Å². The zero-order valence-electron chi connectivity index (χ0n) is 9.13. The Labute approximate surface area is 93.1 Å². The first-order valence-corrected chi connectivity index (χ1v) is 5.28. The topological polar surface area (TPSA) is 78.6 Å². The summed E-state index contributed by atoms with van der Waals surface area (Å²) in [4.78, 5) is 13.2. The fourth-order valence-electron chi connectivity index (χ4n) is 2.08. The molecule has 2 N–H and O–H groups in total. The van der Waals surface area contributed by atoms with Crippen LogP contribution in [0, 0.1) is 0 Å². The third-order valence-electron chi connectivity index (χ3n) is 3.01. The van der Waals surface area contributed by atoms with E-state index in [2.05, 4.69) is 10.00 Å². The molecule has 1 fully saturated rings. The van der Waals surface area contributed by atoms with Crippen molar-refractivity contribution >= 4 is 5.97 Å². The molecule has 0 aromatic carbocycles. The molecule has 0 saturated carbocycles. The Hall–Kier alpha value is -1.56. The van der Waals surface area contributed by atoms with Crippen LogP contribution in [0.2, 0.25) is 0 Å². The molecule has 0 atom stereocenters. The number of aromatic hydroxyl groups is 1. The Balaban J connectivity index is 2.24. The minimum Gasteiger partial charge on any atom is -0.504 e. The molecular weight excluding hydrogens is 210 g/mol. The number of hydrogen-bond donors (Lipinski definition) is 2. The lowest BCUT2D eigenvalue weighted by atomic mass is 10.1. The Morgan fingerprint density at radius 2 is 2.12 bits per heavy atom. The molecule has 1 aliphatic rings. The number of rotatable bonds is 2. The Kier molecular flexibility index (Phi) is 2.82. The number of aromatic nitrogens is 2. The molecule has 1 aliphatic heterocycles. The van der Waals surface area contributed by atoms with Gasteiger partial charge in [-0.3, -0.25) is 4.68 Å². The smallest absolute Gasteiger partial charge is 0.358 e. The van der Waals surface area contributed by atoms with E-state index >= 15 is 0 Å². The lowest BCUT2D eigenvalue weighted by Gasteiger charge is -2.29. The molecule has 6 nitrogen and oxygen atoms in total. The van der Waals surface area contributed by atoms with Crippen LogP contribution in [-0.2, 0) is 0 Å². The van der Waals surface area contributed by atoms with Gasteiger partial charge in [0.05, 0.1) is 12.2 Å². The van der Waals surface area contributed by atoms with Crippen LogP contribution in [0.15, 0.2) is 6.20 Å². The van der Waals surface area contributed by atoms with Gasteiger partial charge in [-0.05, 0) is 33.0 Å². The van der Waals surface area contributed by atoms with Gasteiger partial charge < -0.3 is 15.1 Å². The number of carbonyl (C=O) groups is 1. The van der Waals surface area contributed by atoms with E-state index < -0.39 is 5.97 Å². The second kappa shape index (κ2) is 4.13. The molecule has 0 unspecified atom stereocenters. The van der Waals surface area contributed by atoms with Crippen LogP contribution in [0.25, 0.3) is 0 Å². The minimum absolute atomic E-state index is 0.0724. The molecule has 2 heterocycles. The summed E-state index contributed by atoms with van der Waals surface area (Å²) in [5.74, 6) is -1.39. The Morgan fingerprint density at radius 1 is 1.50 bits per heavy atom. The standard InChI is InChI=1S/C10H15N3O3/c1-12-4-2-7(3-5-12)13-9(10(15)16)8(14)6-11-13/h6-7,14H,2-5H2,1H3,(H,15,16). The highest BCUT2D eigenvalue weighted by atomic mass is 16.4. The normalized spacial score (nSPS) is 18.8. The summed E-state index contributed by atoms with van der Waals surface area (Å²) >= 11 is 0. The van der Waals surface area contributed by atoms with Gasteiger partial charge in [0.1, 0.15) is 0 Å². The van der Waals surface area contributed by atoms with Gasteiger partial charge in [-0.1, -0.05) is 0 Å². The quantitative estimate of drug-likeness (QED) is 0.768. The van der Waals surface area contributed by atoms with Crippen LogP contribution >= 0.6 is 0 Å². The van der Waals surface area contributed by atoms with Crippen molar-refractivity contribution in [2.45, 2.75) is 18.9 Å². The summed E-state index contributed by atoms with van der Waals surface area (Å²) in [7, 11) is 2.04. The highest BCUT2D eigenvalue weighted by Crippen LogP contribution is 2.26. The first-order valence-electron chi connectivity index (χ1n) is 5.28. The largest absolute Gasteiger partial charge is 0.504 e. The molecule has 6 heteroatoms. The summed E-state index contributed by atoms with van der Waals surface area (Å²) in [6, 6.07) is 0.0724. The average molecular weight is 225 g/mol. The second-order valence-electron chi connectivity index (χ2n) is 4.16. The van der Waals surface area contributed by atoms with E-state index in [1.807, 2.05) is 7.05 Å². The highest BCUT2D eigenvalue weighted by molar-refractivity contribution is 5.88. The van der Waals surface area contributed by atoms with Gasteiger partial charge in [0.2, 0.25) is 0 Å². The average Bonchev–Trinajstić information content (AvgIpc) is 2.61. The summed E-state index contributed by atoms with van der Waals surface area (Å²) in [6.07, 6.45) is 2.91. The molecule has 0 spiro atoms. The van der Waals surface area contributed by atoms with Crippen molar-refractivity contribution in [3.8, 4) is 5.75 Å². The monoisotopic (exact) mass is 225 g/mol. The molecule has 0 aliphatic carbocycles. The maximum Gasteiger partial charge on any atom is 0.358 e. The number of carboxylic acid groups (broad SMARTS) is 1. The third-order valence-corrected chi connectivity index (χ3v) is 3.01. The van der Waals surface area contributed by atoms with Gasteiger partial charge in [-0.25, -0.2) is 4.79 Å². The fourth-order valence-corrected chi connectivity index (χ4v) is 2.08. The zero-order valence-corrected chi connectivity index (χ0v) is 9.13. The highest BCUT2D eigenvalue weighted by Gasteiger charge is 2.25. The molecule has 1 aromatic heterocycles.